The molecule has 0 aliphatic heterocycles. The van der Waals surface area contributed by atoms with Gasteiger partial charge in [-0.15, -0.1) is 0 Å². The van der Waals surface area contributed by atoms with Crippen LogP contribution in [0.2, 0.25) is 5.02 Å². The summed E-state index contributed by atoms with van der Waals surface area (Å²) < 4.78 is 10.9. The summed E-state index contributed by atoms with van der Waals surface area (Å²) in [5.74, 6) is 2.43. The van der Waals surface area contributed by atoms with Gasteiger partial charge in [-0.1, -0.05) is 11.6 Å². The summed E-state index contributed by atoms with van der Waals surface area (Å²) in [4.78, 5) is 22.7. The van der Waals surface area contributed by atoms with Crippen molar-refractivity contribution < 1.29 is 19.1 Å². The van der Waals surface area contributed by atoms with E-state index in [9.17, 15) is 9.59 Å². The lowest BCUT2D eigenvalue weighted by Crippen LogP contribution is -2.00. The maximum Gasteiger partial charge on any atom is 0.160 e. The largest absolute Gasteiger partial charge is 0.497 e. The number of aryl methyl sites for hydroxylation is 4. The van der Waals surface area contributed by atoms with Gasteiger partial charge in [-0.25, -0.2) is 0 Å². The third kappa shape index (κ3) is 6.44. The van der Waals surface area contributed by atoms with Gasteiger partial charge in [0.25, 0.3) is 0 Å². The number of hydrogen-bond donors (Lipinski definition) is 0. The van der Waals surface area contributed by atoms with Crippen LogP contribution >= 0.6 is 11.6 Å². The molecule has 0 atom stereocenters. The molecular formula is C27H29ClO4. The minimum absolute atomic E-state index is 0.0796. The standard InChI is InChI=1S/C17H18O3.C10H11ClO/c1-11-9-16(10-12(2)17(11)13(3)18)20-15-7-5-14(19-4)6-8-15;1-6-4-9(11)5-7(2)10(6)8(3)12/h5-10H,1-4H3;4-5H,1-3H3. The summed E-state index contributed by atoms with van der Waals surface area (Å²) in [5.41, 5.74) is 5.33. The summed E-state index contributed by atoms with van der Waals surface area (Å²) >= 11 is 5.82. The van der Waals surface area contributed by atoms with E-state index in [4.69, 9.17) is 21.1 Å². The van der Waals surface area contributed by atoms with E-state index in [2.05, 4.69) is 0 Å². The van der Waals surface area contributed by atoms with Gasteiger partial charge in [0.15, 0.2) is 11.6 Å². The number of ether oxygens (including phenoxy) is 2. The van der Waals surface area contributed by atoms with Gasteiger partial charge in [-0.3, -0.25) is 9.59 Å². The van der Waals surface area contributed by atoms with E-state index in [1.165, 1.54) is 0 Å². The molecule has 0 amide bonds. The summed E-state index contributed by atoms with van der Waals surface area (Å²) in [6.45, 7) is 10.8. The second-order valence-corrected chi connectivity index (χ2v) is 8.17. The van der Waals surface area contributed by atoms with Crippen LogP contribution in [0.25, 0.3) is 0 Å². The van der Waals surface area contributed by atoms with Crippen molar-refractivity contribution in [3.8, 4) is 17.2 Å². The molecule has 0 spiro atoms. The lowest BCUT2D eigenvalue weighted by molar-refractivity contribution is 0.100. The van der Waals surface area contributed by atoms with Gasteiger partial charge in [-0.2, -0.15) is 0 Å². The molecule has 0 N–H and O–H groups in total. The number of Topliss-reactive ketones (excluding diaryl/α,β-unsaturated/α-hetero) is 2. The average Bonchev–Trinajstić information content (AvgIpc) is 2.67. The van der Waals surface area contributed by atoms with Crippen LogP contribution < -0.4 is 9.47 Å². The van der Waals surface area contributed by atoms with Crippen molar-refractivity contribution >= 4 is 23.2 Å². The molecule has 5 heteroatoms. The van der Waals surface area contributed by atoms with Crippen LogP contribution in [-0.2, 0) is 0 Å². The van der Waals surface area contributed by atoms with E-state index in [1.54, 1.807) is 21.0 Å². The highest BCUT2D eigenvalue weighted by Gasteiger charge is 2.10. The van der Waals surface area contributed by atoms with Crippen molar-refractivity contribution in [2.45, 2.75) is 41.5 Å². The van der Waals surface area contributed by atoms with E-state index in [1.807, 2.05) is 76.2 Å². The van der Waals surface area contributed by atoms with Crippen molar-refractivity contribution in [1.29, 1.82) is 0 Å². The smallest absolute Gasteiger partial charge is 0.160 e. The monoisotopic (exact) mass is 452 g/mol. The SMILES string of the molecule is CC(=O)c1c(C)cc(Cl)cc1C.COc1ccc(Oc2cc(C)c(C(C)=O)c(C)c2)cc1. The summed E-state index contributed by atoms with van der Waals surface area (Å²) in [6, 6.07) is 14.8. The molecule has 3 aromatic carbocycles. The fraction of sp³-hybridized carbons (Fsp3) is 0.259. The molecule has 0 aliphatic carbocycles. The lowest BCUT2D eigenvalue weighted by Gasteiger charge is -2.11. The molecule has 0 aliphatic rings. The van der Waals surface area contributed by atoms with Gasteiger partial charge in [0, 0.05) is 16.1 Å². The van der Waals surface area contributed by atoms with Crippen molar-refractivity contribution in [2.75, 3.05) is 7.11 Å². The first-order valence-corrected chi connectivity index (χ1v) is 10.6. The summed E-state index contributed by atoms with van der Waals surface area (Å²) in [6.07, 6.45) is 0. The van der Waals surface area contributed by atoms with Crippen LogP contribution in [0.3, 0.4) is 0 Å². The second kappa shape index (κ2) is 11.0. The van der Waals surface area contributed by atoms with E-state index < -0.39 is 0 Å². The number of carbonyl (C=O) groups excluding carboxylic acids is 2. The van der Waals surface area contributed by atoms with Crippen LogP contribution in [0.15, 0.2) is 48.5 Å². The van der Waals surface area contributed by atoms with E-state index >= 15 is 0 Å². The summed E-state index contributed by atoms with van der Waals surface area (Å²) in [7, 11) is 1.63. The zero-order chi connectivity index (χ0) is 24.0. The molecule has 0 radical (unpaired) electrons. The Balaban J connectivity index is 0.000000258. The molecule has 0 bridgehead atoms. The number of benzene rings is 3. The number of rotatable bonds is 5. The molecule has 4 nitrogen and oxygen atoms in total. The molecular weight excluding hydrogens is 424 g/mol. The Bertz CT molecular complexity index is 1080. The van der Waals surface area contributed by atoms with Crippen LogP contribution in [0, 0.1) is 27.7 Å². The Morgan fingerprint density at radius 1 is 0.656 bits per heavy atom. The minimum atomic E-state index is 0.0796. The van der Waals surface area contributed by atoms with E-state index in [0.29, 0.717) is 5.02 Å². The zero-order valence-electron chi connectivity index (χ0n) is 19.6. The van der Waals surface area contributed by atoms with Gasteiger partial charge in [0.05, 0.1) is 7.11 Å². The van der Waals surface area contributed by atoms with Gasteiger partial charge < -0.3 is 9.47 Å². The maximum absolute atomic E-state index is 11.6. The third-order valence-corrected chi connectivity index (χ3v) is 5.22. The maximum atomic E-state index is 11.6. The highest BCUT2D eigenvalue weighted by molar-refractivity contribution is 6.30. The predicted molar refractivity (Wildman–Crippen MR) is 130 cm³/mol. The lowest BCUT2D eigenvalue weighted by atomic mass is 9.99. The van der Waals surface area contributed by atoms with Crippen molar-refractivity contribution in [3.63, 3.8) is 0 Å². The average molecular weight is 453 g/mol. The van der Waals surface area contributed by atoms with Gasteiger partial charge in [0.1, 0.15) is 17.2 Å². The molecule has 3 rings (SSSR count). The van der Waals surface area contributed by atoms with Crippen molar-refractivity contribution in [3.05, 3.63) is 86.9 Å². The zero-order valence-corrected chi connectivity index (χ0v) is 20.4. The Hall–Kier alpha value is -3.11. The van der Waals surface area contributed by atoms with Gasteiger partial charge in [-0.05, 0) is 112 Å². The number of halogens is 1. The molecule has 0 saturated carbocycles. The highest BCUT2D eigenvalue weighted by Crippen LogP contribution is 2.28. The fourth-order valence-electron chi connectivity index (χ4n) is 3.78. The Morgan fingerprint density at radius 2 is 1.03 bits per heavy atom. The molecule has 32 heavy (non-hydrogen) atoms. The number of methoxy groups -OCH3 is 1. The Labute approximate surface area is 195 Å². The van der Waals surface area contributed by atoms with E-state index in [0.717, 1.165) is 50.6 Å². The molecule has 0 fully saturated rings. The quantitative estimate of drug-likeness (QED) is 0.377. The number of ketones is 2. The molecule has 0 unspecified atom stereocenters. The van der Waals surface area contributed by atoms with Gasteiger partial charge >= 0.3 is 0 Å². The topological polar surface area (TPSA) is 52.6 Å². The molecule has 0 saturated heterocycles. The Kier molecular flexibility index (Phi) is 8.62. The van der Waals surface area contributed by atoms with Crippen LogP contribution in [0.1, 0.15) is 56.8 Å². The minimum Gasteiger partial charge on any atom is -0.497 e. The van der Waals surface area contributed by atoms with Crippen LogP contribution in [0.4, 0.5) is 0 Å². The summed E-state index contributed by atoms with van der Waals surface area (Å²) in [5, 5.41) is 0.690. The molecule has 168 valence electrons. The normalized spacial score (nSPS) is 10.1. The molecule has 0 aromatic heterocycles. The number of carbonyl (C=O) groups is 2. The predicted octanol–water partition coefficient (Wildman–Crippen LogP) is 7.47. The molecule has 0 heterocycles. The van der Waals surface area contributed by atoms with Crippen LogP contribution in [0.5, 0.6) is 17.2 Å². The van der Waals surface area contributed by atoms with Crippen molar-refractivity contribution in [1.82, 2.24) is 0 Å². The third-order valence-electron chi connectivity index (χ3n) is 5.00. The van der Waals surface area contributed by atoms with E-state index in [-0.39, 0.29) is 11.6 Å². The fourth-order valence-corrected chi connectivity index (χ4v) is 4.11. The van der Waals surface area contributed by atoms with Crippen LogP contribution in [-0.4, -0.2) is 18.7 Å². The first kappa shape index (κ1) is 25.2. The first-order valence-electron chi connectivity index (χ1n) is 10.2. The number of hydrogen-bond acceptors (Lipinski definition) is 4. The Morgan fingerprint density at radius 3 is 1.41 bits per heavy atom. The van der Waals surface area contributed by atoms with Crippen molar-refractivity contribution in [2.24, 2.45) is 0 Å². The second-order valence-electron chi connectivity index (χ2n) is 7.74. The first-order chi connectivity index (χ1) is 15.0. The highest BCUT2D eigenvalue weighted by atomic mass is 35.5. The van der Waals surface area contributed by atoms with Gasteiger partial charge in [0.2, 0.25) is 0 Å². The molecule has 3 aromatic rings.